The Kier molecular flexibility index (Phi) is 2.83. The van der Waals surface area contributed by atoms with Crippen molar-refractivity contribution >= 4 is 11.4 Å². The number of nitrogen functional groups attached to an aromatic ring is 2. The van der Waals surface area contributed by atoms with Gasteiger partial charge in [-0.1, -0.05) is 0 Å². The van der Waals surface area contributed by atoms with Crippen molar-refractivity contribution in [3.8, 4) is 11.4 Å². The fraction of sp³-hybridized carbons (Fsp3) is 0.533. The molecule has 0 radical (unpaired) electrons. The third-order valence-corrected chi connectivity index (χ3v) is 4.61. The lowest BCUT2D eigenvalue weighted by molar-refractivity contribution is 0.331. The molecule has 1 heterocycles. The Hall–Kier alpha value is -2.11. The van der Waals surface area contributed by atoms with E-state index in [1.165, 1.54) is 25.7 Å². The summed E-state index contributed by atoms with van der Waals surface area (Å²) in [5.74, 6) is 3.24. The average molecular weight is 284 g/mol. The number of hydrogen-bond donors (Lipinski definition) is 2. The molecule has 2 aliphatic carbocycles. The average Bonchev–Trinajstić information content (AvgIpc) is 3.34. The molecule has 1 aromatic carbocycles. The van der Waals surface area contributed by atoms with Crippen LogP contribution in [-0.4, -0.2) is 20.2 Å². The van der Waals surface area contributed by atoms with E-state index in [0.29, 0.717) is 11.4 Å². The molecule has 110 valence electrons. The predicted molar refractivity (Wildman–Crippen MR) is 81.0 cm³/mol. The third-order valence-electron chi connectivity index (χ3n) is 4.61. The second-order valence-electron chi connectivity index (χ2n) is 6.41. The van der Waals surface area contributed by atoms with Crippen molar-refractivity contribution in [3.63, 3.8) is 0 Å². The summed E-state index contributed by atoms with van der Waals surface area (Å²) in [4.78, 5) is 0. The second-order valence-corrected chi connectivity index (χ2v) is 6.41. The van der Waals surface area contributed by atoms with E-state index in [-0.39, 0.29) is 0 Å². The predicted octanol–water partition coefficient (Wildman–Crippen LogP) is 1.94. The standard InChI is InChI=1S/C15H20N6/c16-12-5-11(6-13(17)7-12)15-18-19-20-21(15)8-14(9-1-2-9)10-3-4-10/h5-7,9-10,14H,1-4,8,16-17H2. The van der Waals surface area contributed by atoms with Gasteiger partial charge in [0, 0.05) is 23.5 Å². The number of hydrogen-bond acceptors (Lipinski definition) is 5. The first-order valence-corrected chi connectivity index (χ1v) is 7.63. The van der Waals surface area contributed by atoms with Crippen LogP contribution in [-0.2, 0) is 6.54 Å². The van der Waals surface area contributed by atoms with Gasteiger partial charge in [0.05, 0.1) is 0 Å². The van der Waals surface area contributed by atoms with Crippen LogP contribution >= 0.6 is 0 Å². The summed E-state index contributed by atoms with van der Waals surface area (Å²) in [6.07, 6.45) is 5.46. The summed E-state index contributed by atoms with van der Waals surface area (Å²) < 4.78 is 1.93. The Bertz CT molecular complexity index is 624. The highest BCUT2D eigenvalue weighted by Crippen LogP contribution is 2.50. The van der Waals surface area contributed by atoms with Gasteiger partial charge in [-0.3, -0.25) is 0 Å². The Morgan fingerprint density at radius 3 is 2.24 bits per heavy atom. The molecular weight excluding hydrogens is 264 g/mol. The van der Waals surface area contributed by atoms with Crippen molar-refractivity contribution in [1.82, 2.24) is 20.2 Å². The largest absolute Gasteiger partial charge is 0.399 e. The Morgan fingerprint density at radius 2 is 1.67 bits per heavy atom. The number of anilines is 2. The number of benzene rings is 1. The minimum absolute atomic E-state index is 0.639. The SMILES string of the molecule is Nc1cc(N)cc(-c2nnnn2CC(C2CC2)C2CC2)c1. The molecule has 0 saturated heterocycles. The van der Waals surface area contributed by atoms with Gasteiger partial charge in [-0.15, -0.1) is 5.10 Å². The smallest absolute Gasteiger partial charge is 0.182 e. The van der Waals surface area contributed by atoms with E-state index in [9.17, 15) is 0 Å². The Morgan fingerprint density at radius 1 is 1.05 bits per heavy atom. The van der Waals surface area contributed by atoms with E-state index >= 15 is 0 Å². The lowest BCUT2D eigenvalue weighted by Crippen LogP contribution is -2.17. The summed E-state index contributed by atoms with van der Waals surface area (Å²) in [6.45, 7) is 0.909. The van der Waals surface area contributed by atoms with Gasteiger partial charge in [-0.2, -0.15) is 0 Å². The van der Waals surface area contributed by atoms with Crippen LogP contribution < -0.4 is 11.5 Å². The van der Waals surface area contributed by atoms with Crippen LogP contribution in [0.2, 0.25) is 0 Å². The van der Waals surface area contributed by atoms with Crippen LogP contribution in [0.25, 0.3) is 11.4 Å². The number of tetrazole rings is 1. The van der Waals surface area contributed by atoms with E-state index in [1.54, 1.807) is 6.07 Å². The summed E-state index contributed by atoms with van der Waals surface area (Å²) >= 11 is 0. The van der Waals surface area contributed by atoms with Crippen molar-refractivity contribution in [2.24, 2.45) is 17.8 Å². The monoisotopic (exact) mass is 284 g/mol. The molecule has 6 heteroatoms. The quantitative estimate of drug-likeness (QED) is 0.818. The van der Waals surface area contributed by atoms with Crippen LogP contribution in [0, 0.1) is 17.8 Å². The molecule has 4 N–H and O–H groups in total. The number of rotatable bonds is 5. The van der Waals surface area contributed by atoms with Crippen LogP contribution in [0.3, 0.4) is 0 Å². The lowest BCUT2D eigenvalue weighted by Gasteiger charge is -2.16. The fourth-order valence-electron chi connectivity index (χ4n) is 3.27. The van der Waals surface area contributed by atoms with Crippen LogP contribution in [0.5, 0.6) is 0 Å². The van der Waals surface area contributed by atoms with Gasteiger partial charge >= 0.3 is 0 Å². The normalized spacial score (nSPS) is 18.3. The van der Waals surface area contributed by atoms with Crippen LogP contribution in [0.15, 0.2) is 18.2 Å². The van der Waals surface area contributed by atoms with Crippen molar-refractivity contribution < 1.29 is 0 Å². The van der Waals surface area contributed by atoms with Gasteiger partial charge in [-0.25, -0.2) is 4.68 Å². The minimum Gasteiger partial charge on any atom is -0.399 e. The van der Waals surface area contributed by atoms with Gasteiger partial charge in [0.1, 0.15) is 0 Å². The molecule has 0 bridgehead atoms. The summed E-state index contributed by atoms with van der Waals surface area (Å²) in [6, 6.07) is 5.50. The van der Waals surface area contributed by atoms with Crippen LogP contribution in [0.1, 0.15) is 25.7 Å². The Labute approximate surface area is 123 Å². The summed E-state index contributed by atoms with van der Waals surface area (Å²) in [5, 5.41) is 12.2. The number of nitrogens with two attached hydrogens (primary N) is 2. The molecule has 0 unspecified atom stereocenters. The second kappa shape index (κ2) is 4.72. The molecule has 0 atom stereocenters. The molecule has 2 fully saturated rings. The van der Waals surface area contributed by atoms with Crippen molar-refractivity contribution in [2.75, 3.05) is 11.5 Å². The van der Waals surface area contributed by atoms with E-state index in [0.717, 1.165) is 35.7 Å². The molecule has 21 heavy (non-hydrogen) atoms. The maximum atomic E-state index is 5.88. The lowest BCUT2D eigenvalue weighted by atomic mass is 9.98. The Balaban J connectivity index is 1.63. The molecule has 6 nitrogen and oxygen atoms in total. The molecule has 0 aliphatic heterocycles. The van der Waals surface area contributed by atoms with Gasteiger partial charge in [0.25, 0.3) is 0 Å². The van der Waals surface area contributed by atoms with E-state index in [1.807, 2.05) is 16.8 Å². The van der Waals surface area contributed by atoms with Gasteiger partial charge in [-0.05, 0) is 72.1 Å². The summed E-state index contributed by atoms with van der Waals surface area (Å²) in [7, 11) is 0. The van der Waals surface area contributed by atoms with Crippen LogP contribution in [0.4, 0.5) is 11.4 Å². The molecule has 2 aromatic rings. The molecule has 0 spiro atoms. The number of nitrogens with zero attached hydrogens (tertiary/aromatic N) is 4. The highest BCUT2D eigenvalue weighted by Gasteiger charge is 2.41. The van der Waals surface area contributed by atoms with Crippen molar-refractivity contribution in [3.05, 3.63) is 18.2 Å². The first kappa shape index (κ1) is 12.6. The van der Waals surface area contributed by atoms with Gasteiger partial charge in [0.15, 0.2) is 5.82 Å². The first-order chi connectivity index (χ1) is 10.2. The molecule has 0 amide bonds. The molecule has 2 saturated carbocycles. The zero-order valence-electron chi connectivity index (χ0n) is 11.9. The highest BCUT2D eigenvalue weighted by atomic mass is 15.5. The van der Waals surface area contributed by atoms with Crippen molar-refractivity contribution in [1.29, 1.82) is 0 Å². The molecule has 2 aliphatic rings. The van der Waals surface area contributed by atoms with E-state index < -0.39 is 0 Å². The highest BCUT2D eigenvalue weighted by molar-refractivity contribution is 5.67. The van der Waals surface area contributed by atoms with Gasteiger partial charge in [0.2, 0.25) is 0 Å². The fourth-order valence-corrected chi connectivity index (χ4v) is 3.27. The zero-order chi connectivity index (χ0) is 14.4. The number of aromatic nitrogens is 4. The zero-order valence-corrected chi connectivity index (χ0v) is 11.9. The maximum absolute atomic E-state index is 5.88. The molecular formula is C15H20N6. The van der Waals surface area contributed by atoms with E-state index in [2.05, 4.69) is 15.5 Å². The van der Waals surface area contributed by atoms with Gasteiger partial charge < -0.3 is 11.5 Å². The minimum atomic E-state index is 0.639. The first-order valence-electron chi connectivity index (χ1n) is 7.63. The maximum Gasteiger partial charge on any atom is 0.182 e. The topological polar surface area (TPSA) is 95.6 Å². The molecule has 1 aromatic heterocycles. The third kappa shape index (κ3) is 2.57. The molecule has 4 rings (SSSR count). The van der Waals surface area contributed by atoms with Crippen molar-refractivity contribution in [2.45, 2.75) is 32.2 Å². The van der Waals surface area contributed by atoms with E-state index in [4.69, 9.17) is 11.5 Å². The summed E-state index contributed by atoms with van der Waals surface area (Å²) in [5.41, 5.74) is 13.9.